The maximum atomic E-state index is 12.2. The minimum atomic E-state index is -3.44. The maximum Gasteiger partial charge on any atom is 0.240 e. The van der Waals surface area contributed by atoms with Gasteiger partial charge in [0.1, 0.15) is 12.4 Å². The van der Waals surface area contributed by atoms with E-state index in [4.69, 9.17) is 4.74 Å². The van der Waals surface area contributed by atoms with E-state index in [0.29, 0.717) is 24.8 Å². The van der Waals surface area contributed by atoms with Crippen molar-refractivity contribution in [1.29, 1.82) is 0 Å². The van der Waals surface area contributed by atoms with Crippen molar-refractivity contribution in [1.82, 2.24) is 10.0 Å². The van der Waals surface area contributed by atoms with Gasteiger partial charge in [0.25, 0.3) is 0 Å². The molecule has 0 amide bonds. The molecular weight excluding hydrogens is 288 g/mol. The Hall–Kier alpha value is -1.11. The number of benzene rings is 1. The van der Waals surface area contributed by atoms with Crippen molar-refractivity contribution in [2.45, 2.75) is 31.6 Å². The number of hydrogen-bond donors (Lipinski definition) is 2. The van der Waals surface area contributed by atoms with Crippen molar-refractivity contribution in [2.75, 3.05) is 26.7 Å². The molecule has 1 aromatic carbocycles. The first-order chi connectivity index (χ1) is 10.0. The number of nitrogens with one attached hydrogen (secondary N) is 2. The summed E-state index contributed by atoms with van der Waals surface area (Å²) in [6.45, 7) is 5.92. The van der Waals surface area contributed by atoms with Gasteiger partial charge in [-0.1, -0.05) is 26.7 Å². The Balaban J connectivity index is 2.62. The lowest BCUT2D eigenvalue weighted by molar-refractivity contribution is 0.318. The third-order valence-electron chi connectivity index (χ3n) is 3.47. The monoisotopic (exact) mass is 314 g/mol. The van der Waals surface area contributed by atoms with Gasteiger partial charge in [-0.3, -0.25) is 0 Å². The molecule has 0 fully saturated rings. The van der Waals surface area contributed by atoms with Gasteiger partial charge in [0.2, 0.25) is 10.0 Å². The molecule has 0 bridgehead atoms. The molecule has 0 atom stereocenters. The van der Waals surface area contributed by atoms with Gasteiger partial charge in [0, 0.05) is 13.1 Å². The van der Waals surface area contributed by atoms with Crippen LogP contribution in [0.4, 0.5) is 0 Å². The molecule has 0 unspecified atom stereocenters. The van der Waals surface area contributed by atoms with Crippen LogP contribution in [0.15, 0.2) is 29.2 Å². The zero-order valence-corrected chi connectivity index (χ0v) is 13.9. The molecule has 0 aliphatic heterocycles. The van der Waals surface area contributed by atoms with Gasteiger partial charge < -0.3 is 10.1 Å². The van der Waals surface area contributed by atoms with Gasteiger partial charge in [0.05, 0.1) is 4.90 Å². The summed E-state index contributed by atoms with van der Waals surface area (Å²) >= 11 is 0. The van der Waals surface area contributed by atoms with Gasteiger partial charge in [-0.15, -0.1) is 0 Å². The Morgan fingerprint density at radius 1 is 1.14 bits per heavy atom. The van der Waals surface area contributed by atoms with Crippen LogP contribution in [0.3, 0.4) is 0 Å². The van der Waals surface area contributed by atoms with Gasteiger partial charge in [0.15, 0.2) is 0 Å². The summed E-state index contributed by atoms with van der Waals surface area (Å²) in [6, 6.07) is 6.51. The minimum absolute atomic E-state index is 0.273. The van der Waals surface area contributed by atoms with E-state index < -0.39 is 10.0 Å². The second-order valence-electron chi connectivity index (χ2n) is 4.96. The zero-order valence-electron chi connectivity index (χ0n) is 13.1. The van der Waals surface area contributed by atoms with Crippen LogP contribution < -0.4 is 14.8 Å². The molecule has 0 aliphatic carbocycles. The average Bonchev–Trinajstić information content (AvgIpc) is 2.49. The van der Waals surface area contributed by atoms with Crippen LogP contribution >= 0.6 is 0 Å². The fourth-order valence-electron chi connectivity index (χ4n) is 1.87. The van der Waals surface area contributed by atoms with Gasteiger partial charge in [-0.05, 0) is 37.2 Å². The SMILES string of the molecule is CCC(CC)CNS(=O)(=O)c1ccc(OCCNC)cc1. The fraction of sp³-hybridized carbons (Fsp3) is 0.600. The number of ether oxygens (including phenoxy) is 1. The lowest BCUT2D eigenvalue weighted by atomic mass is 10.0. The summed E-state index contributed by atoms with van der Waals surface area (Å²) in [7, 11) is -1.58. The highest BCUT2D eigenvalue weighted by molar-refractivity contribution is 7.89. The maximum absolute atomic E-state index is 12.2. The predicted octanol–water partition coefficient (Wildman–Crippen LogP) is 2.00. The molecule has 0 spiro atoms. The van der Waals surface area contributed by atoms with Gasteiger partial charge in [-0.25, -0.2) is 13.1 Å². The average molecular weight is 314 g/mol. The van der Waals surface area contributed by atoms with Gasteiger partial charge in [-0.2, -0.15) is 0 Å². The van der Waals surface area contributed by atoms with Crippen molar-refractivity contribution >= 4 is 10.0 Å². The highest BCUT2D eigenvalue weighted by Crippen LogP contribution is 2.16. The van der Waals surface area contributed by atoms with E-state index in [1.807, 2.05) is 7.05 Å². The van der Waals surface area contributed by atoms with Crippen molar-refractivity contribution in [2.24, 2.45) is 5.92 Å². The van der Waals surface area contributed by atoms with E-state index in [0.717, 1.165) is 19.4 Å². The Kier molecular flexibility index (Phi) is 7.71. The Morgan fingerprint density at radius 3 is 2.29 bits per heavy atom. The van der Waals surface area contributed by atoms with Crippen LogP contribution in [0, 0.1) is 5.92 Å². The Bertz CT molecular complexity index is 496. The third-order valence-corrected chi connectivity index (χ3v) is 4.91. The van der Waals surface area contributed by atoms with Crippen molar-refractivity contribution < 1.29 is 13.2 Å². The second kappa shape index (κ2) is 9.02. The fourth-order valence-corrected chi connectivity index (χ4v) is 2.99. The number of sulfonamides is 1. The Morgan fingerprint density at radius 2 is 1.76 bits per heavy atom. The summed E-state index contributed by atoms with van der Waals surface area (Å²) in [6.07, 6.45) is 1.94. The summed E-state index contributed by atoms with van der Waals surface area (Å²) < 4.78 is 32.5. The van der Waals surface area contributed by atoms with Crippen LogP contribution in [-0.2, 0) is 10.0 Å². The van der Waals surface area contributed by atoms with E-state index in [2.05, 4.69) is 23.9 Å². The van der Waals surface area contributed by atoms with E-state index in [1.54, 1.807) is 24.3 Å². The van der Waals surface area contributed by atoms with Crippen LogP contribution in [-0.4, -0.2) is 35.2 Å². The van der Waals surface area contributed by atoms with Crippen LogP contribution in [0.1, 0.15) is 26.7 Å². The third kappa shape index (κ3) is 6.03. The first-order valence-electron chi connectivity index (χ1n) is 7.40. The molecule has 0 saturated heterocycles. The predicted molar refractivity (Wildman–Crippen MR) is 85.1 cm³/mol. The molecular formula is C15H26N2O3S. The molecule has 1 aromatic rings. The summed E-state index contributed by atoms with van der Waals surface area (Å²) in [5.74, 6) is 1.05. The van der Waals surface area contributed by atoms with E-state index >= 15 is 0 Å². The number of rotatable bonds is 10. The Labute approximate surface area is 128 Å². The molecule has 120 valence electrons. The topological polar surface area (TPSA) is 67.4 Å². The zero-order chi connectivity index (χ0) is 15.7. The molecule has 0 saturated carbocycles. The lowest BCUT2D eigenvalue weighted by Crippen LogP contribution is -2.29. The second-order valence-corrected chi connectivity index (χ2v) is 6.72. The summed E-state index contributed by atoms with van der Waals surface area (Å²) in [4.78, 5) is 0.273. The van der Waals surface area contributed by atoms with E-state index in [-0.39, 0.29) is 4.90 Å². The first kappa shape index (κ1) is 17.9. The van der Waals surface area contributed by atoms with Crippen LogP contribution in [0.25, 0.3) is 0 Å². The smallest absolute Gasteiger partial charge is 0.240 e. The van der Waals surface area contributed by atoms with E-state index in [9.17, 15) is 8.42 Å². The molecule has 2 N–H and O–H groups in total. The molecule has 0 aromatic heterocycles. The largest absolute Gasteiger partial charge is 0.492 e. The molecule has 6 heteroatoms. The minimum Gasteiger partial charge on any atom is -0.492 e. The number of hydrogen-bond acceptors (Lipinski definition) is 4. The normalized spacial score (nSPS) is 11.8. The summed E-state index contributed by atoms with van der Waals surface area (Å²) in [5.41, 5.74) is 0. The molecule has 1 rings (SSSR count). The standard InChI is InChI=1S/C15H26N2O3S/c1-4-13(5-2)12-17-21(18,19)15-8-6-14(7-9-15)20-11-10-16-3/h6-9,13,16-17H,4-5,10-12H2,1-3H3. The van der Waals surface area contributed by atoms with Crippen molar-refractivity contribution in [3.05, 3.63) is 24.3 Å². The van der Waals surface area contributed by atoms with Crippen molar-refractivity contribution in [3.63, 3.8) is 0 Å². The highest BCUT2D eigenvalue weighted by Gasteiger charge is 2.15. The van der Waals surface area contributed by atoms with Gasteiger partial charge >= 0.3 is 0 Å². The molecule has 0 aliphatic rings. The molecule has 5 nitrogen and oxygen atoms in total. The molecule has 0 heterocycles. The highest BCUT2D eigenvalue weighted by atomic mass is 32.2. The summed E-state index contributed by atoms with van der Waals surface area (Å²) in [5, 5.41) is 2.98. The van der Waals surface area contributed by atoms with E-state index in [1.165, 1.54) is 0 Å². The molecule has 0 radical (unpaired) electrons. The number of likely N-dealkylation sites (N-methyl/N-ethyl adjacent to an activating group) is 1. The van der Waals surface area contributed by atoms with Crippen LogP contribution in [0.2, 0.25) is 0 Å². The van der Waals surface area contributed by atoms with Crippen molar-refractivity contribution in [3.8, 4) is 5.75 Å². The van der Waals surface area contributed by atoms with Crippen LogP contribution in [0.5, 0.6) is 5.75 Å². The lowest BCUT2D eigenvalue weighted by Gasteiger charge is -2.14. The first-order valence-corrected chi connectivity index (χ1v) is 8.88. The molecule has 21 heavy (non-hydrogen) atoms. The quantitative estimate of drug-likeness (QED) is 0.648.